The van der Waals surface area contributed by atoms with Crippen molar-refractivity contribution in [1.82, 2.24) is 10.2 Å². The highest BCUT2D eigenvalue weighted by Gasteiger charge is 2.20. The molecule has 0 aliphatic carbocycles. The van der Waals surface area contributed by atoms with Gasteiger partial charge in [0.1, 0.15) is 0 Å². The van der Waals surface area contributed by atoms with Crippen molar-refractivity contribution >= 4 is 0 Å². The molecule has 1 fully saturated rings. The lowest BCUT2D eigenvalue weighted by molar-refractivity contribution is 0.111. The first-order valence-corrected chi connectivity index (χ1v) is 5.93. The van der Waals surface area contributed by atoms with Gasteiger partial charge in [-0.25, -0.2) is 0 Å². The van der Waals surface area contributed by atoms with Gasteiger partial charge in [0.05, 0.1) is 12.6 Å². The Balaban J connectivity index is 2.11. The normalized spacial score (nSPS) is 19.6. The summed E-state index contributed by atoms with van der Waals surface area (Å²) in [5.74, 6) is 0. The molecule has 88 valence electrons. The molecule has 3 heteroatoms. The number of hydrogen-bond acceptors (Lipinski definition) is 3. The smallest absolute Gasteiger partial charge is 0.0628 e. The fourth-order valence-corrected chi connectivity index (χ4v) is 2.21. The highest BCUT2D eigenvalue weighted by atomic mass is 16.3. The van der Waals surface area contributed by atoms with Crippen LogP contribution in [0.25, 0.3) is 0 Å². The number of piperazine rings is 1. The Morgan fingerprint density at radius 1 is 1.25 bits per heavy atom. The average molecular weight is 220 g/mol. The van der Waals surface area contributed by atoms with E-state index in [0.717, 1.165) is 26.2 Å². The topological polar surface area (TPSA) is 35.5 Å². The van der Waals surface area contributed by atoms with Gasteiger partial charge in [-0.1, -0.05) is 29.8 Å². The fraction of sp³-hybridized carbons (Fsp3) is 0.538. The highest BCUT2D eigenvalue weighted by molar-refractivity contribution is 5.24. The van der Waals surface area contributed by atoms with E-state index in [0.29, 0.717) is 0 Å². The Morgan fingerprint density at radius 2 is 1.88 bits per heavy atom. The van der Waals surface area contributed by atoms with Crippen molar-refractivity contribution in [1.29, 1.82) is 0 Å². The summed E-state index contributed by atoms with van der Waals surface area (Å²) in [6, 6.07) is 8.62. The molecule has 1 aliphatic rings. The third-order valence-corrected chi connectivity index (χ3v) is 3.23. The van der Waals surface area contributed by atoms with E-state index in [-0.39, 0.29) is 12.6 Å². The molecular formula is C13H20N2O. The van der Waals surface area contributed by atoms with Gasteiger partial charge in [-0.15, -0.1) is 0 Å². The summed E-state index contributed by atoms with van der Waals surface area (Å²) in [6.45, 7) is 6.34. The van der Waals surface area contributed by atoms with Crippen LogP contribution in [0.4, 0.5) is 0 Å². The van der Waals surface area contributed by atoms with Crippen molar-refractivity contribution in [2.75, 3.05) is 32.8 Å². The molecule has 1 aromatic rings. The minimum atomic E-state index is 0.155. The fourth-order valence-electron chi connectivity index (χ4n) is 2.21. The minimum Gasteiger partial charge on any atom is -0.394 e. The van der Waals surface area contributed by atoms with Crippen molar-refractivity contribution in [2.45, 2.75) is 13.0 Å². The molecule has 1 heterocycles. The summed E-state index contributed by atoms with van der Waals surface area (Å²) in [4.78, 5) is 2.35. The average Bonchev–Trinajstić information content (AvgIpc) is 2.34. The Morgan fingerprint density at radius 3 is 2.44 bits per heavy atom. The van der Waals surface area contributed by atoms with Gasteiger partial charge < -0.3 is 10.4 Å². The zero-order valence-corrected chi connectivity index (χ0v) is 9.82. The van der Waals surface area contributed by atoms with Crippen LogP contribution in [-0.4, -0.2) is 42.8 Å². The Kier molecular flexibility index (Phi) is 3.93. The number of nitrogens with zero attached hydrogens (tertiary/aromatic N) is 1. The number of aliphatic hydroxyl groups is 1. The van der Waals surface area contributed by atoms with E-state index < -0.39 is 0 Å². The van der Waals surface area contributed by atoms with Gasteiger partial charge in [0.25, 0.3) is 0 Å². The molecule has 0 saturated carbocycles. The van der Waals surface area contributed by atoms with Crippen LogP contribution < -0.4 is 5.32 Å². The zero-order valence-electron chi connectivity index (χ0n) is 9.82. The maximum Gasteiger partial charge on any atom is 0.0628 e. The van der Waals surface area contributed by atoms with Crippen molar-refractivity contribution < 1.29 is 5.11 Å². The molecule has 1 atom stereocenters. The standard InChI is InChI=1S/C13H20N2O/c1-11-2-4-12(5-3-11)13(10-16)15-8-6-14-7-9-15/h2-5,13-14,16H,6-10H2,1H3. The molecule has 2 N–H and O–H groups in total. The van der Waals surface area contributed by atoms with E-state index in [4.69, 9.17) is 0 Å². The van der Waals surface area contributed by atoms with Crippen LogP contribution in [0.15, 0.2) is 24.3 Å². The molecule has 0 amide bonds. The Bertz CT molecular complexity index is 317. The number of aryl methyl sites for hydroxylation is 1. The predicted molar refractivity (Wildman–Crippen MR) is 65.4 cm³/mol. The van der Waals surface area contributed by atoms with Crippen molar-refractivity contribution in [3.63, 3.8) is 0 Å². The van der Waals surface area contributed by atoms with Crippen LogP contribution in [-0.2, 0) is 0 Å². The van der Waals surface area contributed by atoms with Crippen molar-refractivity contribution in [3.8, 4) is 0 Å². The summed E-state index contributed by atoms with van der Waals surface area (Å²) in [6.07, 6.45) is 0. The molecule has 3 nitrogen and oxygen atoms in total. The largest absolute Gasteiger partial charge is 0.394 e. The lowest BCUT2D eigenvalue weighted by atomic mass is 10.0. The maximum absolute atomic E-state index is 9.54. The molecule has 1 unspecified atom stereocenters. The number of rotatable bonds is 3. The molecule has 1 aliphatic heterocycles. The maximum atomic E-state index is 9.54. The Hall–Kier alpha value is -0.900. The summed E-state index contributed by atoms with van der Waals surface area (Å²) in [5.41, 5.74) is 2.48. The molecule has 1 aromatic carbocycles. The molecule has 0 radical (unpaired) electrons. The van der Waals surface area contributed by atoms with Crippen LogP contribution in [0.2, 0.25) is 0 Å². The third kappa shape index (κ3) is 2.61. The summed E-state index contributed by atoms with van der Waals surface area (Å²) < 4.78 is 0. The van der Waals surface area contributed by atoms with Gasteiger partial charge in [0.15, 0.2) is 0 Å². The van der Waals surface area contributed by atoms with E-state index >= 15 is 0 Å². The van der Waals surface area contributed by atoms with Gasteiger partial charge in [-0.3, -0.25) is 4.90 Å². The van der Waals surface area contributed by atoms with Gasteiger partial charge in [-0.2, -0.15) is 0 Å². The van der Waals surface area contributed by atoms with Crippen LogP contribution >= 0.6 is 0 Å². The summed E-state index contributed by atoms with van der Waals surface area (Å²) in [5, 5.41) is 12.9. The van der Waals surface area contributed by atoms with E-state index in [1.54, 1.807) is 0 Å². The predicted octanol–water partition coefficient (Wildman–Crippen LogP) is 0.934. The highest BCUT2D eigenvalue weighted by Crippen LogP contribution is 2.20. The van der Waals surface area contributed by atoms with Crippen LogP contribution in [0.3, 0.4) is 0 Å². The molecule has 0 spiro atoms. The zero-order chi connectivity index (χ0) is 11.4. The van der Waals surface area contributed by atoms with Crippen molar-refractivity contribution in [3.05, 3.63) is 35.4 Å². The molecule has 2 rings (SSSR count). The van der Waals surface area contributed by atoms with Crippen LogP contribution in [0.1, 0.15) is 17.2 Å². The van der Waals surface area contributed by atoms with E-state index in [2.05, 4.69) is 41.4 Å². The van der Waals surface area contributed by atoms with E-state index in [1.165, 1.54) is 11.1 Å². The molecule has 1 saturated heterocycles. The summed E-state index contributed by atoms with van der Waals surface area (Å²) in [7, 11) is 0. The number of aliphatic hydroxyl groups excluding tert-OH is 1. The second-order valence-electron chi connectivity index (χ2n) is 4.40. The SMILES string of the molecule is Cc1ccc(C(CO)N2CCNCC2)cc1. The molecular weight excluding hydrogens is 200 g/mol. The Labute approximate surface area is 97.1 Å². The first kappa shape index (κ1) is 11.6. The second kappa shape index (κ2) is 5.43. The van der Waals surface area contributed by atoms with Crippen molar-refractivity contribution in [2.24, 2.45) is 0 Å². The molecule has 0 bridgehead atoms. The third-order valence-electron chi connectivity index (χ3n) is 3.23. The van der Waals surface area contributed by atoms with Crippen LogP contribution in [0.5, 0.6) is 0 Å². The monoisotopic (exact) mass is 220 g/mol. The van der Waals surface area contributed by atoms with Gasteiger partial charge in [0, 0.05) is 26.2 Å². The van der Waals surface area contributed by atoms with E-state index in [1.807, 2.05) is 0 Å². The number of nitrogens with one attached hydrogen (secondary N) is 1. The minimum absolute atomic E-state index is 0.155. The van der Waals surface area contributed by atoms with Gasteiger partial charge in [-0.05, 0) is 12.5 Å². The summed E-state index contributed by atoms with van der Waals surface area (Å²) >= 11 is 0. The van der Waals surface area contributed by atoms with Gasteiger partial charge >= 0.3 is 0 Å². The number of benzene rings is 1. The van der Waals surface area contributed by atoms with Crippen LogP contribution in [0, 0.1) is 6.92 Å². The lowest BCUT2D eigenvalue weighted by Gasteiger charge is -2.34. The first-order valence-electron chi connectivity index (χ1n) is 5.93. The molecule has 16 heavy (non-hydrogen) atoms. The number of hydrogen-bond donors (Lipinski definition) is 2. The molecule has 0 aromatic heterocycles. The van der Waals surface area contributed by atoms with Gasteiger partial charge in [0.2, 0.25) is 0 Å². The second-order valence-corrected chi connectivity index (χ2v) is 4.40. The lowest BCUT2D eigenvalue weighted by Crippen LogP contribution is -2.46. The quantitative estimate of drug-likeness (QED) is 0.795. The first-order chi connectivity index (χ1) is 7.81. The van der Waals surface area contributed by atoms with E-state index in [9.17, 15) is 5.11 Å².